The molecule has 0 spiro atoms. The van der Waals surface area contributed by atoms with Gasteiger partial charge in [0, 0.05) is 19.6 Å². The van der Waals surface area contributed by atoms with E-state index in [-0.39, 0.29) is 25.3 Å². The number of aliphatic hydroxyl groups is 2. The molecule has 0 heterocycles. The van der Waals surface area contributed by atoms with E-state index in [0.717, 1.165) is 6.42 Å². The van der Waals surface area contributed by atoms with Gasteiger partial charge in [0.2, 0.25) is 0 Å². The number of ether oxygens (including phenoxy) is 1. The second kappa shape index (κ2) is 8.66. The Labute approximate surface area is 107 Å². The zero-order valence-corrected chi connectivity index (χ0v) is 10.4. The number of rotatable bonds is 8. The first-order valence-corrected chi connectivity index (χ1v) is 6.25. The number of esters is 1. The van der Waals surface area contributed by atoms with Gasteiger partial charge in [-0.3, -0.25) is 0 Å². The van der Waals surface area contributed by atoms with Gasteiger partial charge in [-0.2, -0.15) is 0 Å². The van der Waals surface area contributed by atoms with Crippen LogP contribution in [0.25, 0.3) is 0 Å². The maximum Gasteiger partial charge on any atom is 0.338 e. The van der Waals surface area contributed by atoms with Gasteiger partial charge < -0.3 is 14.9 Å². The summed E-state index contributed by atoms with van der Waals surface area (Å²) in [5.41, 5.74) is 0.516. The molecule has 1 atom stereocenters. The molecule has 0 aliphatic carbocycles. The van der Waals surface area contributed by atoms with Crippen molar-refractivity contribution in [2.45, 2.75) is 31.8 Å². The van der Waals surface area contributed by atoms with Crippen LogP contribution in [0.2, 0.25) is 0 Å². The van der Waals surface area contributed by atoms with Crippen LogP contribution in [-0.2, 0) is 4.74 Å². The lowest BCUT2D eigenvalue weighted by Gasteiger charge is -2.16. The minimum atomic E-state index is -0.363. The molecule has 0 amide bonds. The predicted octanol–water partition coefficient (Wildman–Crippen LogP) is 1.76. The lowest BCUT2D eigenvalue weighted by atomic mass is 10.1. The molecule has 0 fully saturated rings. The first-order valence-electron chi connectivity index (χ1n) is 6.25. The van der Waals surface area contributed by atoms with Crippen LogP contribution >= 0.6 is 0 Å². The first kappa shape index (κ1) is 14.7. The molecule has 1 rings (SSSR count). The molecule has 1 aromatic carbocycles. The van der Waals surface area contributed by atoms with Gasteiger partial charge in [0.15, 0.2) is 0 Å². The average molecular weight is 252 g/mol. The van der Waals surface area contributed by atoms with E-state index >= 15 is 0 Å². The molecule has 2 N–H and O–H groups in total. The molecule has 0 aromatic heterocycles. The molecule has 0 aliphatic rings. The van der Waals surface area contributed by atoms with Crippen molar-refractivity contribution in [1.82, 2.24) is 0 Å². The lowest BCUT2D eigenvalue weighted by molar-refractivity contribution is 0.0212. The summed E-state index contributed by atoms with van der Waals surface area (Å²) in [4.78, 5) is 11.8. The summed E-state index contributed by atoms with van der Waals surface area (Å²) < 4.78 is 5.34. The van der Waals surface area contributed by atoms with E-state index in [1.807, 2.05) is 6.07 Å². The number of carbonyl (C=O) groups excluding carboxylic acids is 1. The van der Waals surface area contributed by atoms with E-state index in [4.69, 9.17) is 14.9 Å². The normalized spacial score (nSPS) is 12.1. The summed E-state index contributed by atoms with van der Waals surface area (Å²) in [6, 6.07) is 8.80. The highest BCUT2D eigenvalue weighted by Gasteiger charge is 2.15. The van der Waals surface area contributed by atoms with E-state index in [2.05, 4.69) is 0 Å². The number of aliphatic hydroxyl groups excluding tert-OH is 2. The predicted molar refractivity (Wildman–Crippen MR) is 68.3 cm³/mol. The van der Waals surface area contributed by atoms with Crippen molar-refractivity contribution in [2.24, 2.45) is 0 Å². The van der Waals surface area contributed by atoms with Crippen LogP contribution in [-0.4, -0.2) is 35.5 Å². The molecule has 0 saturated carbocycles. The molecule has 0 radical (unpaired) electrons. The maximum atomic E-state index is 11.8. The van der Waals surface area contributed by atoms with Crippen LogP contribution in [0.5, 0.6) is 0 Å². The summed E-state index contributed by atoms with van der Waals surface area (Å²) in [7, 11) is 0. The number of benzene rings is 1. The summed E-state index contributed by atoms with van der Waals surface area (Å²) in [5, 5.41) is 17.6. The quantitative estimate of drug-likeness (QED) is 0.546. The Kier molecular flexibility index (Phi) is 7.06. The SMILES string of the molecule is O=C(OC(CCO)CCCCO)c1ccccc1. The molecule has 4 heteroatoms. The van der Waals surface area contributed by atoms with Gasteiger partial charge in [0.25, 0.3) is 0 Å². The van der Waals surface area contributed by atoms with E-state index in [0.29, 0.717) is 24.8 Å². The van der Waals surface area contributed by atoms with Crippen LogP contribution < -0.4 is 0 Å². The maximum absolute atomic E-state index is 11.8. The molecule has 0 aliphatic heterocycles. The zero-order valence-electron chi connectivity index (χ0n) is 10.4. The highest BCUT2D eigenvalue weighted by Crippen LogP contribution is 2.12. The summed E-state index contributed by atoms with van der Waals surface area (Å²) in [5.74, 6) is -0.363. The molecule has 1 unspecified atom stereocenters. The molecular weight excluding hydrogens is 232 g/mol. The Morgan fingerprint density at radius 2 is 1.78 bits per heavy atom. The third-order valence-electron chi connectivity index (χ3n) is 2.67. The average Bonchev–Trinajstić information content (AvgIpc) is 2.40. The smallest absolute Gasteiger partial charge is 0.338 e. The van der Waals surface area contributed by atoms with Crippen molar-refractivity contribution in [3.63, 3.8) is 0 Å². The fourth-order valence-corrected chi connectivity index (χ4v) is 1.68. The van der Waals surface area contributed by atoms with Crippen LogP contribution in [0.1, 0.15) is 36.0 Å². The molecule has 100 valence electrons. The van der Waals surface area contributed by atoms with Crippen LogP contribution in [0.3, 0.4) is 0 Å². The van der Waals surface area contributed by atoms with Crippen molar-refractivity contribution in [3.05, 3.63) is 35.9 Å². The highest BCUT2D eigenvalue weighted by molar-refractivity contribution is 5.89. The molecule has 4 nitrogen and oxygen atoms in total. The van der Waals surface area contributed by atoms with E-state index < -0.39 is 0 Å². The molecule has 1 aromatic rings. The summed E-state index contributed by atoms with van der Waals surface area (Å²) in [6.45, 7) is 0.129. The second-order valence-corrected chi connectivity index (χ2v) is 4.13. The monoisotopic (exact) mass is 252 g/mol. The number of hydrogen-bond acceptors (Lipinski definition) is 4. The summed E-state index contributed by atoms with van der Waals surface area (Å²) >= 11 is 0. The van der Waals surface area contributed by atoms with E-state index in [9.17, 15) is 4.79 Å². The number of unbranched alkanes of at least 4 members (excludes halogenated alkanes) is 1. The zero-order chi connectivity index (χ0) is 13.2. The Bertz CT molecular complexity index is 337. The molecule has 18 heavy (non-hydrogen) atoms. The van der Waals surface area contributed by atoms with Gasteiger partial charge in [0.1, 0.15) is 6.10 Å². The highest BCUT2D eigenvalue weighted by atomic mass is 16.5. The Morgan fingerprint density at radius 1 is 1.06 bits per heavy atom. The van der Waals surface area contributed by atoms with Gasteiger partial charge in [-0.15, -0.1) is 0 Å². The standard InChI is InChI=1S/C14H20O4/c15-10-5-4-8-13(9-11-16)18-14(17)12-6-2-1-3-7-12/h1-3,6-7,13,15-16H,4-5,8-11H2. The van der Waals surface area contributed by atoms with Crippen molar-refractivity contribution in [1.29, 1.82) is 0 Å². The third-order valence-corrected chi connectivity index (χ3v) is 2.67. The largest absolute Gasteiger partial charge is 0.459 e. The Balaban J connectivity index is 2.47. The topological polar surface area (TPSA) is 66.8 Å². The Morgan fingerprint density at radius 3 is 2.39 bits per heavy atom. The molecule has 0 saturated heterocycles. The van der Waals surface area contributed by atoms with Gasteiger partial charge in [-0.05, 0) is 31.4 Å². The van der Waals surface area contributed by atoms with Crippen molar-refractivity contribution < 1.29 is 19.7 Å². The fourth-order valence-electron chi connectivity index (χ4n) is 1.68. The van der Waals surface area contributed by atoms with Crippen molar-refractivity contribution in [3.8, 4) is 0 Å². The van der Waals surface area contributed by atoms with Crippen molar-refractivity contribution in [2.75, 3.05) is 13.2 Å². The lowest BCUT2D eigenvalue weighted by Crippen LogP contribution is -2.19. The van der Waals surface area contributed by atoms with Crippen LogP contribution in [0.4, 0.5) is 0 Å². The van der Waals surface area contributed by atoms with Crippen molar-refractivity contribution >= 4 is 5.97 Å². The summed E-state index contributed by atoms with van der Waals surface area (Å²) in [6.07, 6.45) is 2.28. The van der Waals surface area contributed by atoms with E-state index in [1.165, 1.54) is 0 Å². The molecular formula is C14H20O4. The minimum Gasteiger partial charge on any atom is -0.459 e. The van der Waals surface area contributed by atoms with Gasteiger partial charge in [-0.25, -0.2) is 4.79 Å². The van der Waals surface area contributed by atoms with E-state index in [1.54, 1.807) is 24.3 Å². The Hall–Kier alpha value is -1.39. The third kappa shape index (κ3) is 5.29. The number of hydrogen-bond donors (Lipinski definition) is 2. The second-order valence-electron chi connectivity index (χ2n) is 4.13. The van der Waals surface area contributed by atoms with Crippen LogP contribution in [0, 0.1) is 0 Å². The first-order chi connectivity index (χ1) is 8.77. The minimum absolute atomic E-state index is 0.00807. The van der Waals surface area contributed by atoms with Gasteiger partial charge >= 0.3 is 5.97 Å². The number of carbonyl (C=O) groups is 1. The molecule has 0 bridgehead atoms. The van der Waals surface area contributed by atoms with Gasteiger partial charge in [-0.1, -0.05) is 18.2 Å². The fraction of sp³-hybridized carbons (Fsp3) is 0.500. The van der Waals surface area contributed by atoms with Gasteiger partial charge in [0.05, 0.1) is 5.56 Å². The van der Waals surface area contributed by atoms with Crippen LogP contribution in [0.15, 0.2) is 30.3 Å².